The highest BCUT2D eigenvalue weighted by molar-refractivity contribution is 5.86. The number of methoxy groups -OCH3 is 1. The minimum Gasteiger partial charge on any atom is -0.368 e. The molecule has 0 bridgehead atoms. The van der Waals surface area contributed by atoms with Crippen LogP contribution in [-0.4, -0.2) is 31.7 Å². The number of benzene rings is 1. The first-order valence-corrected chi connectivity index (χ1v) is 7.62. The Morgan fingerprint density at radius 1 is 1.23 bits per heavy atom. The van der Waals surface area contributed by atoms with Crippen molar-refractivity contribution in [2.24, 2.45) is 0 Å². The van der Waals surface area contributed by atoms with Gasteiger partial charge in [-0.25, -0.2) is 0 Å². The summed E-state index contributed by atoms with van der Waals surface area (Å²) in [7, 11) is 1.63. The number of amides is 1. The number of carbonyl (C=O) groups is 1. The van der Waals surface area contributed by atoms with E-state index >= 15 is 0 Å². The van der Waals surface area contributed by atoms with E-state index in [2.05, 4.69) is 42.7 Å². The Balaban J connectivity index is 0.00000242. The summed E-state index contributed by atoms with van der Waals surface area (Å²) in [4.78, 5) is 12.6. The highest BCUT2D eigenvalue weighted by atomic mass is 35.5. The van der Waals surface area contributed by atoms with Crippen molar-refractivity contribution in [2.75, 3.05) is 20.2 Å². The Hall–Kier alpha value is -1.10. The number of aryl methyl sites for hydroxylation is 2. The van der Waals surface area contributed by atoms with E-state index < -0.39 is 5.60 Å². The third-order valence-electron chi connectivity index (χ3n) is 4.31. The van der Waals surface area contributed by atoms with Crippen molar-refractivity contribution in [1.82, 2.24) is 10.6 Å². The van der Waals surface area contributed by atoms with Gasteiger partial charge < -0.3 is 15.4 Å². The predicted octanol–water partition coefficient (Wildman–Crippen LogP) is 2.67. The van der Waals surface area contributed by atoms with E-state index in [0.717, 1.165) is 31.5 Å². The number of ether oxygens (including phenoxy) is 1. The molecule has 1 atom stereocenters. The van der Waals surface area contributed by atoms with Crippen molar-refractivity contribution in [3.8, 4) is 0 Å². The number of hydrogen-bond donors (Lipinski definition) is 2. The molecular formula is C17H27ClN2O2. The maximum Gasteiger partial charge on any atom is 0.252 e. The Morgan fingerprint density at radius 2 is 1.77 bits per heavy atom. The van der Waals surface area contributed by atoms with Gasteiger partial charge in [0.15, 0.2) is 0 Å². The van der Waals surface area contributed by atoms with Crippen molar-refractivity contribution in [1.29, 1.82) is 0 Å². The van der Waals surface area contributed by atoms with Crippen molar-refractivity contribution >= 4 is 18.3 Å². The maximum atomic E-state index is 12.6. The summed E-state index contributed by atoms with van der Waals surface area (Å²) >= 11 is 0. The highest BCUT2D eigenvalue weighted by Gasteiger charge is 2.40. The smallest absolute Gasteiger partial charge is 0.252 e. The number of halogens is 1. The Kier molecular flexibility index (Phi) is 6.85. The highest BCUT2D eigenvalue weighted by Crippen LogP contribution is 2.24. The summed E-state index contributed by atoms with van der Waals surface area (Å²) in [6, 6.07) is 6.37. The SMILES string of the molecule is COC1(C(=O)NC(C)c2cc(C)cc(C)c2)CCNCC1.Cl. The first-order valence-electron chi connectivity index (χ1n) is 7.62. The van der Waals surface area contributed by atoms with Crippen LogP contribution in [0.2, 0.25) is 0 Å². The molecule has 1 aliphatic heterocycles. The summed E-state index contributed by atoms with van der Waals surface area (Å²) in [6.07, 6.45) is 1.43. The largest absolute Gasteiger partial charge is 0.368 e. The average molecular weight is 327 g/mol. The maximum absolute atomic E-state index is 12.6. The topological polar surface area (TPSA) is 50.4 Å². The lowest BCUT2D eigenvalue weighted by molar-refractivity contribution is -0.147. The molecule has 124 valence electrons. The molecule has 1 aromatic rings. The van der Waals surface area contributed by atoms with E-state index in [-0.39, 0.29) is 24.4 Å². The van der Waals surface area contributed by atoms with Gasteiger partial charge in [-0.05, 0) is 52.3 Å². The fourth-order valence-corrected chi connectivity index (χ4v) is 3.03. The molecule has 1 heterocycles. The van der Waals surface area contributed by atoms with Gasteiger partial charge in [0.05, 0.1) is 6.04 Å². The standard InChI is InChI=1S/C17H26N2O2.ClH/c1-12-9-13(2)11-15(10-12)14(3)19-16(20)17(21-4)5-7-18-8-6-17;/h9-11,14,18H,5-8H2,1-4H3,(H,19,20);1H. The molecule has 4 nitrogen and oxygen atoms in total. The fourth-order valence-electron chi connectivity index (χ4n) is 3.03. The predicted molar refractivity (Wildman–Crippen MR) is 91.6 cm³/mol. The molecule has 5 heteroatoms. The molecule has 1 aromatic carbocycles. The molecule has 1 aliphatic rings. The molecular weight excluding hydrogens is 300 g/mol. The van der Waals surface area contributed by atoms with Crippen LogP contribution in [0.25, 0.3) is 0 Å². The lowest BCUT2D eigenvalue weighted by Crippen LogP contribution is -2.54. The van der Waals surface area contributed by atoms with Crippen molar-refractivity contribution in [2.45, 2.75) is 45.3 Å². The van der Waals surface area contributed by atoms with E-state index in [4.69, 9.17) is 4.74 Å². The van der Waals surface area contributed by atoms with E-state index in [9.17, 15) is 4.79 Å². The van der Waals surface area contributed by atoms with Crippen LogP contribution in [0.3, 0.4) is 0 Å². The normalized spacial score (nSPS) is 18.2. The first kappa shape index (κ1) is 18.9. The lowest BCUT2D eigenvalue weighted by Gasteiger charge is -2.35. The number of hydrogen-bond acceptors (Lipinski definition) is 3. The van der Waals surface area contributed by atoms with Crippen LogP contribution < -0.4 is 10.6 Å². The van der Waals surface area contributed by atoms with Crippen LogP contribution in [0.15, 0.2) is 18.2 Å². The van der Waals surface area contributed by atoms with Crippen LogP contribution in [0, 0.1) is 13.8 Å². The van der Waals surface area contributed by atoms with Crippen LogP contribution in [0.5, 0.6) is 0 Å². The fraction of sp³-hybridized carbons (Fsp3) is 0.588. The zero-order valence-electron chi connectivity index (χ0n) is 13.9. The van der Waals surface area contributed by atoms with Gasteiger partial charge in [0, 0.05) is 7.11 Å². The molecule has 0 radical (unpaired) electrons. The minimum atomic E-state index is -0.682. The van der Waals surface area contributed by atoms with Gasteiger partial charge in [0.1, 0.15) is 5.60 Å². The molecule has 1 amide bonds. The zero-order chi connectivity index (χ0) is 15.5. The lowest BCUT2D eigenvalue weighted by atomic mass is 9.90. The number of rotatable bonds is 4. The minimum absolute atomic E-state index is 0. The quantitative estimate of drug-likeness (QED) is 0.894. The van der Waals surface area contributed by atoms with Gasteiger partial charge in [-0.3, -0.25) is 4.79 Å². The number of carbonyl (C=O) groups excluding carboxylic acids is 1. The molecule has 1 fully saturated rings. The first-order chi connectivity index (χ1) is 9.97. The molecule has 0 aliphatic carbocycles. The van der Waals surface area contributed by atoms with E-state index in [1.54, 1.807) is 7.11 Å². The van der Waals surface area contributed by atoms with Crippen LogP contribution in [0.4, 0.5) is 0 Å². The molecule has 1 saturated heterocycles. The Labute approximate surface area is 139 Å². The molecule has 0 saturated carbocycles. The third kappa shape index (κ3) is 4.22. The van der Waals surface area contributed by atoms with Gasteiger partial charge >= 0.3 is 0 Å². The summed E-state index contributed by atoms with van der Waals surface area (Å²) in [5, 5.41) is 6.39. The van der Waals surface area contributed by atoms with Crippen LogP contribution in [0.1, 0.15) is 42.5 Å². The molecule has 0 spiro atoms. The molecule has 0 aromatic heterocycles. The molecule has 2 rings (SSSR count). The summed E-state index contributed by atoms with van der Waals surface area (Å²) < 4.78 is 5.57. The second-order valence-electron chi connectivity index (χ2n) is 6.06. The average Bonchev–Trinajstić information content (AvgIpc) is 2.46. The van der Waals surface area contributed by atoms with Crippen molar-refractivity contribution in [3.05, 3.63) is 34.9 Å². The van der Waals surface area contributed by atoms with Crippen molar-refractivity contribution in [3.63, 3.8) is 0 Å². The zero-order valence-corrected chi connectivity index (χ0v) is 14.7. The monoisotopic (exact) mass is 326 g/mol. The summed E-state index contributed by atoms with van der Waals surface area (Å²) in [5.74, 6) is -0.00170. The summed E-state index contributed by atoms with van der Waals surface area (Å²) in [5.41, 5.74) is 2.89. The second-order valence-corrected chi connectivity index (χ2v) is 6.06. The van der Waals surface area contributed by atoms with Crippen molar-refractivity contribution < 1.29 is 9.53 Å². The van der Waals surface area contributed by atoms with E-state index in [1.807, 2.05) is 6.92 Å². The van der Waals surface area contributed by atoms with Gasteiger partial charge in [-0.1, -0.05) is 29.3 Å². The summed E-state index contributed by atoms with van der Waals surface area (Å²) in [6.45, 7) is 7.82. The number of piperidine rings is 1. The van der Waals surface area contributed by atoms with Gasteiger partial charge in [-0.15, -0.1) is 12.4 Å². The van der Waals surface area contributed by atoms with E-state index in [0.29, 0.717) is 0 Å². The Bertz CT molecular complexity index is 493. The second kappa shape index (κ2) is 7.95. The molecule has 22 heavy (non-hydrogen) atoms. The van der Waals surface area contributed by atoms with E-state index in [1.165, 1.54) is 11.1 Å². The number of nitrogens with one attached hydrogen (secondary N) is 2. The molecule has 1 unspecified atom stereocenters. The van der Waals surface area contributed by atoms with Crippen LogP contribution >= 0.6 is 12.4 Å². The Morgan fingerprint density at radius 3 is 2.27 bits per heavy atom. The molecule has 2 N–H and O–H groups in total. The van der Waals surface area contributed by atoms with Gasteiger partial charge in [0.25, 0.3) is 5.91 Å². The van der Waals surface area contributed by atoms with Gasteiger partial charge in [0.2, 0.25) is 0 Å². The van der Waals surface area contributed by atoms with Crippen LogP contribution in [-0.2, 0) is 9.53 Å². The van der Waals surface area contributed by atoms with Gasteiger partial charge in [-0.2, -0.15) is 0 Å². The third-order valence-corrected chi connectivity index (χ3v) is 4.31.